The van der Waals surface area contributed by atoms with Gasteiger partial charge in [0, 0.05) is 11.8 Å². The van der Waals surface area contributed by atoms with Gasteiger partial charge in [-0.2, -0.15) is 5.10 Å². The zero-order chi connectivity index (χ0) is 15.9. The molecule has 0 bridgehead atoms. The molecule has 23 heavy (non-hydrogen) atoms. The van der Waals surface area contributed by atoms with Gasteiger partial charge in [-0.1, -0.05) is 47.6 Å². The third-order valence-electron chi connectivity index (χ3n) is 3.27. The zero-order valence-corrected chi connectivity index (χ0v) is 12.2. The molecule has 5 heteroatoms. The quantitative estimate of drug-likeness (QED) is 0.455. The van der Waals surface area contributed by atoms with E-state index < -0.39 is 0 Å². The third-order valence-corrected chi connectivity index (χ3v) is 3.27. The van der Waals surface area contributed by atoms with Crippen LogP contribution in [0.5, 0.6) is 0 Å². The second kappa shape index (κ2) is 7.09. The summed E-state index contributed by atoms with van der Waals surface area (Å²) in [5, 5.41) is 22.3. The maximum Gasteiger partial charge on any atom is 0.114 e. The van der Waals surface area contributed by atoms with Crippen molar-refractivity contribution in [1.29, 1.82) is 0 Å². The minimum absolute atomic E-state index is 0.463. The monoisotopic (exact) mass is 302 g/mol. The van der Waals surface area contributed by atoms with Crippen LogP contribution in [0.25, 0.3) is 10.8 Å². The van der Waals surface area contributed by atoms with Crippen molar-refractivity contribution in [1.82, 2.24) is 4.98 Å². The highest BCUT2D eigenvalue weighted by Gasteiger charge is 2.02. The molecule has 0 amide bonds. The summed E-state index contributed by atoms with van der Waals surface area (Å²) in [6.07, 6.45) is 4.50. The summed E-state index contributed by atoms with van der Waals surface area (Å²) in [6.45, 7) is 0. The lowest BCUT2D eigenvalue weighted by molar-refractivity contribution is 0.322. The van der Waals surface area contributed by atoms with Gasteiger partial charge in [0.2, 0.25) is 0 Å². The van der Waals surface area contributed by atoms with Crippen LogP contribution in [-0.4, -0.2) is 28.3 Å². The minimum atomic E-state index is 0.463. The van der Waals surface area contributed by atoms with Gasteiger partial charge >= 0.3 is 0 Å². The van der Waals surface area contributed by atoms with E-state index in [0.717, 1.165) is 16.3 Å². The van der Waals surface area contributed by atoms with Crippen LogP contribution in [0.1, 0.15) is 11.3 Å². The van der Waals surface area contributed by atoms with Crippen LogP contribution >= 0.6 is 0 Å². The van der Waals surface area contributed by atoms with E-state index in [2.05, 4.69) is 20.3 Å². The second-order valence-electron chi connectivity index (χ2n) is 4.79. The lowest BCUT2D eigenvalue weighted by Crippen LogP contribution is -2.02. The molecule has 1 N–H and O–H groups in total. The van der Waals surface area contributed by atoms with Crippen LogP contribution in [0, 0.1) is 0 Å². The fourth-order valence-electron chi connectivity index (χ4n) is 2.16. The van der Waals surface area contributed by atoms with Crippen molar-refractivity contribution in [3.05, 3.63) is 78.1 Å². The highest BCUT2D eigenvalue weighted by molar-refractivity contribution is 6.38. The van der Waals surface area contributed by atoms with Crippen molar-refractivity contribution >= 4 is 28.9 Å². The molecule has 0 aliphatic heterocycles. The molecule has 0 spiro atoms. The molecule has 0 fully saturated rings. The van der Waals surface area contributed by atoms with Gasteiger partial charge in [0.15, 0.2) is 0 Å². The summed E-state index contributed by atoms with van der Waals surface area (Å²) >= 11 is 0. The molecule has 1 aromatic heterocycles. The van der Waals surface area contributed by atoms with Gasteiger partial charge in [-0.3, -0.25) is 4.98 Å². The molecule has 0 atom stereocenters. The Labute approximate surface area is 133 Å². The average Bonchev–Trinajstić information content (AvgIpc) is 2.61. The van der Waals surface area contributed by atoms with Gasteiger partial charge in [-0.15, -0.1) is 5.10 Å². The van der Waals surface area contributed by atoms with Crippen molar-refractivity contribution in [2.24, 2.45) is 15.4 Å². The average molecular weight is 302 g/mol. The van der Waals surface area contributed by atoms with Crippen LogP contribution in [-0.2, 0) is 0 Å². The number of hydrogen-bond acceptors (Lipinski definition) is 5. The number of nitrogens with zero attached hydrogens (tertiary/aromatic N) is 4. The first-order valence-electron chi connectivity index (χ1n) is 7.05. The molecule has 0 aliphatic rings. The van der Waals surface area contributed by atoms with E-state index in [1.165, 1.54) is 6.21 Å². The first-order valence-corrected chi connectivity index (χ1v) is 7.05. The van der Waals surface area contributed by atoms with E-state index in [0.29, 0.717) is 11.4 Å². The van der Waals surface area contributed by atoms with Crippen LogP contribution in [0.2, 0.25) is 0 Å². The van der Waals surface area contributed by atoms with Crippen molar-refractivity contribution in [3.63, 3.8) is 0 Å². The molecule has 2 aromatic carbocycles. The van der Waals surface area contributed by atoms with E-state index in [-0.39, 0.29) is 0 Å². The molecule has 0 unspecified atom stereocenters. The molecule has 0 saturated heterocycles. The maximum absolute atomic E-state index is 8.85. The zero-order valence-electron chi connectivity index (χ0n) is 12.2. The summed E-state index contributed by atoms with van der Waals surface area (Å²) in [7, 11) is 0. The largest absolute Gasteiger partial charge is 0.411 e. The number of hydrogen-bond donors (Lipinski definition) is 1. The summed E-state index contributed by atoms with van der Waals surface area (Å²) in [6, 6.07) is 19.4. The van der Waals surface area contributed by atoms with Gasteiger partial charge in [-0.05, 0) is 29.0 Å². The van der Waals surface area contributed by atoms with Crippen LogP contribution in [0.3, 0.4) is 0 Å². The van der Waals surface area contributed by atoms with Gasteiger partial charge in [0.25, 0.3) is 0 Å². The Hall–Kier alpha value is -3.34. The van der Waals surface area contributed by atoms with E-state index in [4.69, 9.17) is 5.21 Å². The lowest BCUT2D eigenvalue weighted by atomic mass is 10.0. The standard InChI is InChI=1S/C18H14N4O/c23-21-13-18(22-20-12-17-7-3-4-10-19-17)16-9-8-14-5-1-2-6-15(14)11-16/h1-13,23H/b20-12+,21-13+,22-18+. The Kier molecular flexibility index (Phi) is 4.49. The second-order valence-corrected chi connectivity index (χ2v) is 4.79. The first-order chi connectivity index (χ1) is 11.4. The van der Waals surface area contributed by atoms with E-state index in [9.17, 15) is 0 Å². The third kappa shape index (κ3) is 3.65. The van der Waals surface area contributed by atoms with Gasteiger partial charge in [-0.25, -0.2) is 0 Å². The van der Waals surface area contributed by atoms with Crippen molar-refractivity contribution in [2.45, 2.75) is 0 Å². The Morgan fingerprint density at radius 3 is 2.57 bits per heavy atom. The summed E-state index contributed by atoms with van der Waals surface area (Å²) in [4.78, 5) is 4.13. The Morgan fingerprint density at radius 1 is 0.957 bits per heavy atom. The molecule has 3 aromatic rings. The molecular weight excluding hydrogens is 288 g/mol. The number of rotatable bonds is 4. The predicted molar refractivity (Wildman–Crippen MR) is 92.6 cm³/mol. The normalized spacial score (nSPS) is 12.4. The number of benzene rings is 2. The highest BCUT2D eigenvalue weighted by Crippen LogP contribution is 2.16. The Bertz CT molecular complexity index is 886. The van der Waals surface area contributed by atoms with Gasteiger partial charge < -0.3 is 5.21 Å². The van der Waals surface area contributed by atoms with Crippen LogP contribution < -0.4 is 0 Å². The smallest absolute Gasteiger partial charge is 0.114 e. The number of pyridine rings is 1. The molecule has 1 heterocycles. The molecular formula is C18H14N4O. The van der Waals surface area contributed by atoms with E-state index in [1.54, 1.807) is 12.4 Å². The molecule has 3 rings (SSSR count). The van der Waals surface area contributed by atoms with Gasteiger partial charge in [0.1, 0.15) is 5.71 Å². The van der Waals surface area contributed by atoms with Crippen LogP contribution in [0.15, 0.2) is 82.2 Å². The van der Waals surface area contributed by atoms with Crippen LogP contribution in [0.4, 0.5) is 0 Å². The number of oxime groups is 1. The molecule has 0 saturated carbocycles. The topological polar surface area (TPSA) is 70.2 Å². The van der Waals surface area contributed by atoms with E-state index >= 15 is 0 Å². The number of aromatic nitrogens is 1. The Balaban J connectivity index is 1.93. The highest BCUT2D eigenvalue weighted by atomic mass is 16.4. The first kappa shape index (κ1) is 14.6. The van der Waals surface area contributed by atoms with Gasteiger partial charge in [0.05, 0.1) is 18.1 Å². The minimum Gasteiger partial charge on any atom is -0.411 e. The molecule has 112 valence electrons. The molecule has 5 nitrogen and oxygen atoms in total. The summed E-state index contributed by atoms with van der Waals surface area (Å²) in [5.41, 5.74) is 1.99. The lowest BCUT2D eigenvalue weighted by Gasteiger charge is -2.02. The maximum atomic E-state index is 8.85. The molecule has 0 aliphatic carbocycles. The molecule has 0 radical (unpaired) electrons. The number of fused-ring (bicyclic) bond motifs is 1. The van der Waals surface area contributed by atoms with E-state index in [1.807, 2.05) is 60.7 Å². The van der Waals surface area contributed by atoms with Crippen molar-refractivity contribution in [3.8, 4) is 0 Å². The fraction of sp³-hybridized carbons (Fsp3) is 0. The van der Waals surface area contributed by atoms with Crippen molar-refractivity contribution in [2.75, 3.05) is 0 Å². The van der Waals surface area contributed by atoms with Crippen molar-refractivity contribution < 1.29 is 5.21 Å². The fourth-order valence-corrected chi connectivity index (χ4v) is 2.16. The summed E-state index contributed by atoms with van der Waals surface area (Å²) < 4.78 is 0. The summed E-state index contributed by atoms with van der Waals surface area (Å²) in [5.74, 6) is 0. The Morgan fingerprint density at radius 2 is 1.78 bits per heavy atom. The SMILES string of the molecule is O/N=C/C(=N\N=C\c1ccccn1)c1ccc2ccccc2c1. The predicted octanol–water partition coefficient (Wildman–Crippen LogP) is 3.52.